The summed E-state index contributed by atoms with van der Waals surface area (Å²) in [6.07, 6.45) is 0. The van der Waals surface area contributed by atoms with Crippen molar-refractivity contribution in [3.63, 3.8) is 0 Å². The van der Waals surface area contributed by atoms with Crippen LogP contribution in [0.15, 0.2) is 71.6 Å². The first-order chi connectivity index (χ1) is 15.8. The smallest absolute Gasteiger partial charge is 0.339 e. The Balaban J connectivity index is 1.61. The van der Waals surface area contributed by atoms with Crippen molar-refractivity contribution in [2.75, 3.05) is 17.7 Å². The number of halogens is 2. The second-order valence-electron chi connectivity index (χ2n) is 6.89. The fourth-order valence-corrected chi connectivity index (χ4v) is 4.22. The van der Waals surface area contributed by atoms with Gasteiger partial charge in [0.1, 0.15) is 0 Å². The van der Waals surface area contributed by atoms with Gasteiger partial charge in [0.05, 0.1) is 34.2 Å². The summed E-state index contributed by atoms with van der Waals surface area (Å²) in [5.74, 6) is -1.14. The zero-order valence-electron chi connectivity index (χ0n) is 17.7. The highest BCUT2D eigenvalue weighted by Gasteiger charge is 2.18. The Morgan fingerprint density at radius 3 is 2.27 bits per heavy atom. The van der Waals surface area contributed by atoms with Crippen molar-refractivity contribution in [2.45, 2.75) is 17.1 Å². The fourth-order valence-electron chi connectivity index (χ4n) is 2.86. The summed E-state index contributed by atoms with van der Waals surface area (Å²) >= 11 is 13.3. The van der Waals surface area contributed by atoms with Gasteiger partial charge in [0.25, 0.3) is 5.91 Å². The molecule has 2 N–H and O–H groups in total. The summed E-state index contributed by atoms with van der Waals surface area (Å²) in [5, 5.41) is 5.82. The van der Waals surface area contributed by atoms with Crippen LogP contribution in [0.4, 0.5) is 11.4 Å². The molecule has 9 heteroatoms. The van der Waals surface area contributed by atoms with Crippen LogP contribution in [0.3, 0.4) is 0 Å². The fraction of sp³-hybridized carbons (Fsp3) is 0.125. The van der Waals surface area contributed by atoms with E-state index in [1.54, 1.807) is 67.6 Å². The summed E-state index contributed by atoms with van der Waals surface area (Å²) in [7, 11) is 1.29. The minimum Gasteiger partial charge on any atom is -0.465 e. The maximum atomic E-state index is 12.6. The number of hydrogen-bond acceptors (Lipinski definition) is 5. The second kappa shape index (κ2) is 11.2. The molecule has 1 atom stereocenters. The Morgan fingerprint density at radius 1 is 0.909 bits per heavy atom. The van der Waals surface area contributed by atoms with E-state index in [9.17, 15) is 14.4 Å². The maximum Gasteiger partial charge on any atom is 0.339 e. The lowest BCUT2D eigenvalue weighted by Crippen LogP contribution is -2.23. The zero-order valence-corrected chi connectivity index (χ0v) is 20.1. The Bertz CT molecular complexity index is 1190. The van der Waals surface area contributed by atoms with Crippen LogP contribution in [-0.2, 0) is 9.53 Å². The van der Waals surface area contributed by atoms with Crippen molar-refractivity contribution in [3.05, 3.63) is 87.9 Å². The normalized spacial score (nSPS) is 11.4. The minimum atomic E-state index is -0.524. The van der Waals surface area contributed by atoms with Crippen molar-refractivity contribution in [2.24, 2.45) is 0 Å². The largest absolute Gasteiger partial charge is 0.465 e. The van der Waals surface area contributed by atoms with Gasteiger partial charge in [0.2, 0.25) is 5.91 Å². The SMILES string of the molecule is COC(=O)c1ccccc1NC(=O)C(C)Sc1ccc(NC(=O)c2ccc(Cl)cc2Cl)cc1. The monoisotopic (exact) mass is 502 g/mol. The van der Waals surface area contributed by atoms with Crippen molar-refractivity contribution < 1.29 is 19.1 Å². The lowest BCUT2D eigenvalue weighted by molar-refractivity contribution is -0.115. The molecule has 3 aromatic carbocycles. The van der Waals surface area contributed by atoms with Gasteiger partial charge in [-0.15, -0.1) is 11.8 Å². The number of amides is 2. The van der Waals surface area contributed by atoms with E-state index in [1.807, 2.05) is 0 Å². The molecule has 33 heavy (non-hydrogen) atoms. The van der Waals surface area contributed by atoms with Gasteiger partial charge in [-0.1, -0.05) is 35.3 Å². The van der Waals surface area contributed by atoms with Crippen LogP contribution in [0.1, 0.15) is 27.6 Å². The third-order valence-corrected chi connectivity index (χ3v) is 6.22. The Kier molecular flexibility index (Phi) is 8.38. The minimum absolute atomic E-state index is 0.258. The van der Waals surface area contributed by atoms with E-state index >= 15 is 0 Å². The molecule has 0 heterocycles. The molecule has 0 aromatic heterocycles. The van der Waals surface area contributed by atoms with Crippen LogP contribution in [0.2, 0.25) is 10.0 Å². The van der Waals surface area contributed by atoms with Gasteiger partial charge in [0, 0.05) is 15.6 Å². The van der Waals surface area contributed by atoms with Crippen LogP contribution in [0.25, 0.3) is 0 Å². The molecule has 0 aliphatic heterocycles. The molecule has 170 valence electrons. The molecule has 3 aromatic rings. The van der Waals surface area contributed by atoms with E-state index in [2.05, 4.69) is 10.6 Å². The molecule has 0 radical (unpaired) electrons. The molecule has 2 amide bonds. The third kappa shape index (κ3) is 6.51. The van der Waals surface area contributed by atoms with Crippen LogP contribution in [0, 0.1) is 0 Å². The van der Waals surface area contributed by atoms with Crippen molar-refractivity contribution in [1.29, 1.82) is 0 Å². The van der Waals surface area contributed by atoms with E-state index < -0.39 is 11.2 Å². The quantitative estimate of drug-likeness (QED) is 0.298. The first-order valence-corrected chi connectivity index (χ1v) is 11.4. The Labute approximate surface area is 205 Å². The van der Waals surface area contributed by atoms with Gasteiger partial charge in [-0.05, 0) is 61.5 Å². The molecule has 0 saturated heterocycles. The molecule has 0 aliphatic rings. The number of thioether (sulfide) groups is 1. The average molecular weight is 503 g/mol. The predicted octanol–water partition coefficient (Wildman–Crippen LogP) is 6.15. The summed E-state index contributed by atoms with van der Waals surface area (Å²) in [5.41, 5.74) is 1.57. The van der Waals surface area contributed by atoms with Crippen LogP contribution in [-0.4, -0.2) is 30.1 Å². The molecule has 0 fully saturated rings. The first kappa shape index (κ1) is 24.6. The number of esters is 1. The lowest BCUT2D eigenvalue weighted by Gasteiger charge is -2.14. The summed E-state index contributed by atoms with van der Waals surface area (Å²) < 4.78 is 4.75. The van der Waals surface area contributed by atoms with Crippen molar-refractivity contribution in [1.82, 2.24) is 0 Å². The number of benzene rings is 3. The Hall–Kier alpha value is -3.00. The summed E-state index contributed by atoms with van der Waals surface area (Å²) in [4.78, 5) is 37.8. The number of hydrogen-bond donors (Lipinski definition) is 2. The number of carbonyl (C=O) groups excluding carboxylic acids is 3. The van der Waals surface area contributed by atoms with Crippen molar-refractivity contribution >= 4 is 64.1 Å². The van der Waals surface area contributed by atoms with Gasteiger partial charge in [-0.2, -0.15) is 0 Å². The second-order valence-corrected chi connectivity index (χ2v) is 9.15. The number of methoxy groups -OCH3 is 1. The van der Waals surface area contributed by atoms with Gasteiger partial charge < -0.3 is 15.4 Å². The van der Waals surface area contributed by atoms with Crippen LogP contribution < -0.4 is 10.6 Å². The highest BCUT2D eigenvalue weighted by molar-refractivity contribution is 8.00. The molecule has 1 unspecified atom stereocenters. The zero-order chi connectivity index (χ0) is 24.0. The number of carbonyl (C=O) groups is 3. The summed E-state index contributed by atoms with van der Waals surface area (Å²) in [6.45, 7) is 1.76. The lowest BCUT2D eigenvalue weighted by atomic mass is 10.2. The first-order valence-electron chi connectivity index (χ1n) is 9.80. The van der Waals surface area contributed by atoms with E-state index in [0.29, 0.717) is 22.0 Å². The van der Waals surface area contributed by atoms with Gasteiger partial charge in [-0.3, -0.25) is 9.59 Å². The van der Waals surface area contributed by atoms with Crippen molar-refractivity contribution in [3.8, 4) is 0 Å². The van der Waals surface area contributed by atoms with Crippen LogP contribution in [0.5, 0.6) is 0 Å². The number of anilines is 2. The molecule has 3 rings (SSSR count). The predicted molar refractivity (Wildman–Crippen MR) is 133 cm³/mol. The molecule has 0 bridgehead atoms. The highest BCUT2D eigenvalue weighted by atomic mass is 35.5. The molecule has 0 spiro atoms. The van der Waals surface area contributed by atoms with Crippen LogP contribution >= 0.6 is 35.0 Å². The Morgan fingerprint density at radius 2 is 1.61 bits per heavy atom. The third-order valence-electron chi connectivity index (χ3n) is 4.56. The van der Waals surface area contributed by atoms with E-state index in [1.165, 1.54) is 24.9 Å². The molecule has 0 aliphatic carbocycles. The number of rotatable bonds is 7. The van der Waals surface area contributed by atoms with Gasteiger partial charge in [-0.25, -0.2) is 4.79 Å². The highest BCUT2D eigenvalue weighted by Crippen LogP contribution is 2.27. The van der Waals surface area contributed by atoms with Gasteiger partial charge in [0.15, 0.2) is 0 Å². The molecule has 6 nitrogen and oxygen atoms in total. The number of ether oxygens (including phenoxy) is 1. The van der Waals surface area contributed by atoms with Gasteiger partial charge >= 0.3 is 5.97 Å². The number of para-hydroxylation sites is 1. The van der Waals surface area contributed by atoms with E-state index in [-0.39, 0.29) is 22.4 Å². The van der Waals surface area contributed by atoms with E-state index in [4.69, 9.17) is 27.9 Å². The maximum absolute atomic E-state index is 12.6. The topological polar surface area (TPSA) is 84.5 Å². The molecule has 0 saturated carbocycles. The standard InChI is InChI=1S/C24H20Cl2N2O4S/c1-14(22(29)28-21-6-4-3-5-19(21)24(31)32-2)33-17-10-8-16(9-11-17)27-23(30)18-12-7-15(25)13-20(18)26/h3-14H,1-2H3,(H,27,30)(H,28,29). The average Bonchev–Trinajstić information content (AvgIpc) is 2.80. The summed E-state index contributed by atoms with van der Waals surface area (Å²) in [6, 6.07) is 18.4. The van der Waals surface area contributed by atoms with E-state index in [0.717, 1.165) is 4.90 Å². The molecular weight excluding hydrogens is 483 g/mol. The number of nitrogens with one attached hydrogen (secondary N) is 2. The molecular formula is C24H20Cl2N2O4S.